The van der Waals surface area contributed by atoms with Crippen molar-refractivity contribution in [3.63, 3.8) is 0 Å². The second-order valence-corrected chi connectivity index (χ2v) is 34.0. The van der Waals surface area contributed by atoms with Crippen molar-refractivity contribution >= 4 is 109 Å². The van der Waals surface area contributed by atoms with Crippen LogP contribution in [-0.2, 0) is 204 Å². The summed E-state index contributed by atoms with van der Waals surface area (Å²) in [5, 5.41) is 30.2. The van der Waals surface area contributed by atoms with Crippen molar-refractivity contribution in [3.05, 3.63) is 0 Å². The zero-order chi connectivity index (χ0) is 106. The molecule has 3 aliphatic rings. The van der Waals surface area contributed by atoms with Crippen molar-refractivity contribution in [3.8, 4) is 6.07 Å². The molecule has 143 heavy (non-hydrogen) atoms. The van der Waals surface area contributed by atoms with Crippen molar-refractivity contribution < 1.29 is 204 Å². The molecule has 0 radical (unpaired) electrons. The van der Waals surface area contributed by atoms with Gasteiger partial charge in [0.1, 0.15) is 68.1 Å². The van der Waals surface area contributed by atoms with Crippen LogP contribution in [0.25, 0.3) is 0 Å². The van der Waals surface area contributed by atoms with E-state index in [1.807, 2.05) is 0 Å². The number of Topliss-reactive ketones (excluding diaryl/α,β-unsaturated/α-hetero) is 1. The fourth-order valence-electron chi connectivity index (χ4n) is 14.0. The second kappa shape index (κ2) is 74.3. The molecule has 0 spiro atoms. The number of nitrogens with zero attached hydrogens (tertiary/aromatic N) is 2. The fraction of sp³-hybridized carbons (Fsp3) is 0.798. The first kappa shape index (κ1) is 128. The van der Waals surface area contributed by atoms with Crippen molar-refractivity contribution in [2.75, 3.05) is 198 Å². The van der Waals surface area contributed by atoms with Gasteiger partial charge in [-0.2, -0.15) is 5.26 Å². The van der Waals surface area contributed by atoms with Crippen molar-refractivity contribution in [2.45, 2.75) is 265 Å². The van der Waals surface area contributed by atoms with E-state index in [9.17, 15) is 81.5 Å². The van der Waals surface area contributed by atoms with Gasteiger partial charge in [-0.15, -0.1) is 0 Å². The molecule has 0 aromatic rings. The number of esters is 9. The molecule has 3 aliphatic heterocycles. The highest BCUT2D eigenvalue weighted by Crippen LogP contribution is 2.46. The number of ether oxygens (including phenoxy) is 24. The molecule has 53 nitrogen and oxygen atoms in total. The molecular formula is C89H147N10O43P. The van der Waals surface area contributed by atoms with Crippen LogP contribution in [0.3, 0.4) is 0 Å². The predicted molar refractivity (Wildman–Crippen MR) is 489 cm³/mol. The average Bonchev–Trinajstić information content (AvgIpc) is 0.793. The van der Waals surface area contributed by atoms with E-state index in [2.05, 4.69) is 81.0 Å². The first-order chi connectivity index (χ1) is 68.1. The summed E-state index contributed by atoms with van der Waals surface area (Å²) in [5.41, 5.74) is 0. The smallest absolute Gasteiger partial charge is 0.303 e. The van der Waals surface area contributed by atoms with Crippen molar-refractivity contribution in [2.24, 2.45) is 0 Å². The minimum absolute atomic E-state index is 0.0407. The van der Waals surface area contributed by atoms with E-state index in [0.29, 0.717) is 52.9 Å². The lowest BCUT2D eigenvalue weighted by Crippen LogP contribution is -2.66. The van der Waals surface area contributed by atoms with E-state index in [1.54, 1.807) is 0 Å². The van der Waals surface area contributed by atoms with Crippen LogP contribution in [0.4, 0.5) is 0 Å². The van der Waals surface area contributed by atoms with Gasteiger partial charge in [0.05, 0.1) is 177 Å². The molecule has 3 saturated heterocycles. The quantitative estimate of drug-likeness (QED) is 0.0138. The molecule has 3 rings (SSSR count). The maximum atomic E-state index is 14.2. The van der Waals surface area contributed by atoms with E-state index in [1.165, 1.54) is 13.8 Å². The maximum Gasteiger partial charge on any atom is 0.303 e. The van der Waals surface area contributed by atoms with Crippen LogP contribution in [0.2, 0.25) is 0 Å². The molecule has 8 N–H and O–H groups in total. The lowest BCUT2D eigenvalue weighted by Gasteiger charge is -2.44. The van der Waals surface area contributed by atoms with Gasteiger partial charge in [0.15, 0.2) is 55.5 Å². The number of rotatable bonds is 76. The first-order valence-corrected chi connectivity index (χ1v) is 48.1. The second-order valence-electron chi connectivity index (χ2n) is 32.5. The Morgan fingerprint density at radius 3 is 0.958 bits per heavy atom. The Morgan fingerprint density at radius 2 is 0.629 bits per heavy atom. The topological polar surface area (TPSA) is 653 Å². The number of hydrogen-bond acceptors (Lipinski definition) is 46. The Morgan fingerprint density at radius 1 is 0.336 bits per heavy atom. The summed E-state index contributed by atoms with van der Waals surface area (Å²) >= 11 is 0. The van der Waals surface area contributed by atoms with Crippen LogP contribution in [0.1, 0.15) is 149 Å². The molecule has 0 bridgehead atoms. The third kappa shape index (κ3) is 56.6. The fourth-order valence-corrected chi connectivity index (χ4v) is 15.6. The third-order valence-electron chi connectivity index (χ3n) is 19.7. The van der Waals surface area contributed by atoms with Gasteiger partial charge in [0, 0.05) is 134 Å². The zero-order valence-electron chi connectivity index (χ0n) is 84.3. The summed E-state index contributed by atoms with van der Waals surface area (Å²) in [6.45, 7) is 20.9. The van der Waals surface area contributed by atoms with Gasteiger partial charge >= 0.3 is 53.7 Å². The Balaban J connectivity index is 1.76. The zero-order valence-corrected chi connectivity index (χ0v) is 85.2. The number of hydrogen-bond donors (Lipinski definition) is 8. The normalized spacial score (nSPS) is 21.5. The minimum atomic E-state index is -1.45. The monoisotopic (exact) mass is 2070 g/mol. The van der Waals surface area contributed by atoms with E-state index >= 15 is 0 Å². The summed E-state index contributed by atoms with van der Waals surface area (Å²) in [6, 6.07) is -4.13. The van der Waals surface area contributed by atoms with Crippen LogP contribution < -0.4 is 42.5 Å². The number of nitriles is 1. The number of amides is 7. The average molecular weight is 2080 g/mol. The molecule has 3 heterocycles. The lowest BCUT2D eigenvalue weighted by molar-refractivity contribution is -0.279. The summed E-state index contributed by atoms with van der Waals surface area (Å²) in [7, 11) is -1.36. The highest BCUT2D eigenvalue weighted by molar-refractivity contribution is 7.44. The van der Waals surface area contributed by atoms with E-state index in [0.717, 1.165) is 69.2 Å². The van der Waals surface area contributed by atoms with Crippen LogP contribution in [-0.4, -0.2) is 420 Å². The SMILES string of the molecule is CC(=O)NC1C(OCCOCCNC(=O)CCC(NC(=O)CCC(NCC(=O)CCOCCOCCOCCOCCOCCOCCOP(OCCC#N)N(C(C)C)C(C)C)C(=O)NCCOCCOC2OC(COC(C)=O)C(OC(C)=O)C(OC(C)=O)C2NC(C)=O)C(=O)NCCOCCOC2OC(COC(C)=O)C(OC(C)=O)C(OC(C)=O)C2NC(C)=O)OC(COC(C)=O)C(OC(C)=O)C1OC(C)=O. The van der Waals surface area contributed by atoms with Gasteiger partial charge in [-0.25, -0.2) is 4.67 Å². The predicted octanol–water partition coefficient (Wildman–Crippen LogP) is -2.24. The van der Waals surface area contributed by atoms with E-state index in [4.69, 9.17) is 128 Å². The molecule has 18 unspecified atom stereocenters. The standard InChI is InChI=1S/C89H147N10O43P/c1-54(2)99(55(3)4)143(132-27-17-23-90)133-49-45-125-41-40-124-39-38-123-37-36-122-35-34-121-33-32-117-28-22-68(112)50-94-69(85(115)92-25-30-119-43-47-127-88-77(96-57(6)101)83(138-66(15)110)80(135-63(12)107)72(141-88)52-130-60(9)104)18-21-75(114)98-70(86(116)93-26-31-120-44-48-128-89-78(97-58(7)102)84(139-67(16)111)81(136-64(13)108)73(142-89)53-131-61(10)105)19-20-74(113)91-24-29-118-42-46-126-87-76(95-56(5)100)82(137-65(14)109)79(134-62(11)106)71(140-87)51-129-59(8)103/h54-55,69-73,76-84,87-89,94H,17-22,24-53H2,1-16H3,(H,91,113)(H,92,115)(H,93,116)(H,95,100)(H,96,101)(H,97,102)(H,98,114). The highest BCUT2D eigenvalue weighted by atomic mass is 31.2. The van der Waals surface area contributed by atoms with E-state index < -0.39 is 253 Å². The molecule has 18 atom stereocenters. The van der Waals surface area contributed by atoms with Crippen LogP contribution in [0, 0.1) is 11.3 Å². The molecule has 0 aliphatic carbocycles. The maximum absolute atomic E-state index is 14.2. The Labute approximate surface area is 832 Å². The molecule has 7 amide bonds. The first-order valence-electron chi connectivity index (χ1n) is 47.0. The number of carbonyl (C=O) groups is 17. The minimum Gasteiger partial charge on any atom is -0.463 e. The van der Waals surface area contributed by atoms with Gasteiger partial charge in [-0.05, 0) is 40.5 Å². The Hall–Kier alpha value is -9.65. The van der Waals surface area contributed by atoms with Crippen LogP contribution in [0.15, 0.2) is 0 Å². The molecular weight excluding hydrogens is 1930 g/mol. The molecule has 0 saturated carbocycles. The molecule has 0 aromatic heterocycles. The number of ketones is 1. The molecule has 0 aromatic carbocycles. The van der Waals surface area contributed by atoms with Crippen molar-refractivity contribution in [1.29, 1.82) is 5.26 Å². The Kier molecular flexibility index (Phi) is 66.2. The van der Waals surface area contributed by atoms with Gasteiger partial charge in [-0.1, -0.05) is 0 Å². The molecule has 54 heteroatoms. The highest BCUT2D eigenvalue weighted by Gasteiger charge is 2.55. The van der Waals surface area contributed by atoms with Gasteiger partial charge in [0.25, 0.3) is 8.53 Å². The number of carbonyl (C=O) groups excluding carboxylic acids is 17. The summed E-state index contributed by atoms with van der Waals surface area (Å²) in [5.74, 6) is -12.3. The third-order valence-corrected chi connectivity index (χ3v) is 21.8. The summed E-state index contributed by atoms with van der Waals surface area (Å²) in [6.07, 6.45) is -17.8. The Bertz CT molecular complexity index is 3910. The van der Waals surface area contributed by atoms with Gasteiger partial charge in [-0.3, -0.25) is 86.8 Å². The van der Waals surface area contributed by atoms with E-state index in [-0.39, 0.29) is 157 Å². The van der Waals surface area contributed by atoms with Crippen molar-refractivity contribution in [1.82, 2.24) is 47.2 Å². The van der Waals surface area contributed by atoms with Gasteiger partial charge < -0.3 is 160 Å². The molecule has 3 fully saturated rings. The molecule has 816 valence electrons. The lowest BCUT2D eigenvalue weighted by atomic mass is 9.96. The van der Waals surface area contributed by atoms with Crippen LogP contribution >= 0.6 is 8.53 Å². The summed E-state index contributed by atoms with van der Waals surface area (Å²) < 4.78 is 149. The van der Waals surface area contributed by atoms with Gasteiger partial charge in [0.2, 0.25) is 41.4 Å². The van der Waals surface area contributed by atoms with Crippen LogP contribution in [0.5, 0.6) is 0 Å². The largest absolute Gasteiger partial charge is 0.463 e. The summed E-state index contributed by atoms with van der Waals surface area (Å²) in [4.78, 5) is 217. The number of nitrogens with one attached hydrogen (secondary N) is 8.